The second-order valence-corrected chi connectivity index (χ2v) is 9.05. The lowest BCUT2D eigenvalue weighted by atomic mass is 9.66. The number of halogens is 3. The maximum Gasteiger partial charge on any atom is 0.573 e. The molecule has 0 radical (unpaired) electrons. The van der Waals surface area contributed by atoms with Gasteiger partial charge >= 0.3 is 6.36 Å². The van der Waals surface area contributed by atoms with E-state index in [2.05, 4.69) is 10.1 Å². The highest BCUT2D eigenvalue weighted by Crippen LogP contribution is 2.46. The van der Waals surface area contributed by atoms with Crippen LogP contribution in [0.3, 0.4) is 0 Å². The zero-order valence-corrected chi connectivity index (χ0v) is 16.5. The first-order valence-electron chi connectivity index (χ1n) is 10.2. The summed E-state index contributed by atoms with van der Waals surface area (Å²) >= 11 is 0. The maximum atomic E-state index is 12.9. The Bertz CT molecular complexity index is 769. The lowest BCUT2D eigenvalue weighted by Gasteiger charge is -2.48. The minimum Gasteiger partial charge on any atom is -0.406 e. The lowest BCUT2D eigenvalue weighted by Crippen LogP contribution is -2.58. The Labute approximate surface area is 168 Å². The summed E-state index contributed by atoms with van der Waals surface area (Å²) in [5, 5.41) is 12.9. The van der Waals surface area contributed by atoms with Gasteiger partial charge in [0.05, 0.1) is 0 Å². The number of aliphatic hydroxyl groups is 1. The molecule has 3 aliphatic rings. The van der Waals surface area contributed by atoms with Gasteiger partial charge in [0.1, 0.15) is 12.0 Å². The smallest absolute Gasteiger partial charge is 0.406 e. The lowest BCUT2D eigenvalue weighted by molar-refractivity contribution is -0.274. The molecule has 2 saturated heterocycles. The van der Waals surface area contributed by atoms with Crippen molar-refractivity contribution >= 4 is 5.91 Å². The fraction of sp³-hybridized carbons (Fsp3) is 0.667. The third-order valence-electron chi connectivity index (χ3n) is 6.94. The third-order valence-corrected chi connectivity index (χ3v) is 6.94. The third kappa shape index (κ3) is 4.23. The molecule has 0 aromatic heterocycles. The van der Waals surface area contributed by atoms with Gasteiger partial charge < -0.3 is 14.7 Å². The summed E-state index contributed by atoms with van der Waals surface area (Å²) < 4.78 is 41.6. The number of rotatable bonds is 3. The summed E-state index contributed by atoms with van der Waals surface area (Å²) in [5.74, 6) is -0.0450. The topological polar surface area (TPSA) is 61.8 Å². The van der Waals surface area contributed by atoms with Crippen LogP contribution in [0.4, 0.5) is 13.2 Å². The molecule has 1 aromatic rings. The van der Waals surface area contributed by atoms with Crippen LogP contribution in [0.2, 0.25) is 0 Å². The predicted octanol–water partition coefficient (Wildman–Crippen LogP) is 3.32. The van der Waals surface area contributed by atoms with Gasteiger partial charge in [-0.3, -0.25) is 10.1 Å². The molecular formula is C21H27F3N2O3. The fourth-order valence-electron chi connectivity index (χ4n) is 5.13. The van der Waals surface area contributed by atoms with Gasteiger partial charge in [-0.15, -0.1) is 13.2 Å². The molecule has 1 spiro atoms. The van der Waals surface area contributed by atoms with Crippen LogP contribution in [0.15, 0.2) is 24.3 Å². The average Bonchev–Trinajstić information content (AvgIpc) is 3.02. The number of carbonyl (C=O) groups excluding carboxylic acids is 1. The number of nitrogens with one attached hydrogen (secondary N) is 1. The Balaban J connectivity index is 1.34. The van der Waals surface area contributed by atoms with E-state index in [1.807, 2.05) is 17.9 Å². The average molecular weight is 412 g/mol. The Morgan fingerprint density at radius 2 is 1.93 bits per heavy atom. The monoisotopic (exact) mass is 412 g/mol. The highest BCUT2D eigenvalue weighted by atomic mass is 19.4. The maximum absolute atomic E-state index is 12.9. The van der Waals surface area contributed by atoms with Gasteiger partial charge in [0.2, 0.25) is 5.91 Å². The molecule has 1 atom stereocenters. The Hall–Kier alpha value is -1.80. The van der Waals surface area contributed by atoms with E-state index < -0.39 is 12.6 Å². The number of hydrogen-bond acceptors (Lipinski definition) is 4. The number of aliphatic hydroxyl groups excluding tert-OH is 1. The molecule has 2 N–H and O–H groups in total. The molecule has 2 heterocycles. The molecule has 1 saturated carbocycles. The number of alkyl halides is 3. The van der Waals surface area contributed by atoms with E-state index in [0.29, 0.717) is 25.9 Å². The second kappa shape index (κ2) is 7.16. The van der Waals surface area contributed by atoms with E-state index in [-0.39, 0.29) is 28.5 Å². The molecule has 5 nitrogen and oxygen atoms in total. The number of hydrogen-bond donors (Lipinski definition) is 2. The molecule has 0 bridgehead atoms. The summed E-state index contributed by atoms with van der Waals surface area (Å²) in [4.78, 5) is 14.7. The summed E-state index contributed by atoms with van der Waals surface area (Å²) in [6, 6.07) is 6.17. The molecule has 1 aromatic carbocycles. The van der Waals surface area contributed by atoms with E-state index in [1.54, 1.807) is 6.07 Å². The van der Waals surface area contributed by atoms with Crippen LogP contribution in [0.25, 0.3) is 0 Å². The van der Waals surface area contributed by atoms with Crippen LogP contribution in [-0.2, 0) is 10.2 Å². The van der Waals surface area contributed by atoms with Crippen molar-refractivity contribution in [2.75, 3.05) is 13.1 Å². The van der Waals surface area contributed by atoms with Crippen molar-refractivity contribution in [2.24, 2.45) is 5.92 Å². The van der Waals surface area contributed by atoms with Crippen molar-refractivity contribution in [1.29, 1.82) is 0 Å². The summed E-state index contributed by atoms with van der Waals surface area (Å²) in [5.41, 5.74) is 0.445. The van der Waals surface area contributed by atoms with Crippen LogP contribution in [-0.4, -0.2) is 47.1 Å². The van der Waals surface area contributed by atoms with Gasteiger partial charge in [-0.05, 0) is 61.6 Å². The van der Waals surface area contributed by atoms with Crippen molar-refractivity contribution in [3.8, 4) is 5.75 Å². The molecule has 2 aliphatic heterocycles. The van der Waals surface area contributed by atoms with Crippen molar-refractivity contribution < 1.29 is 27.8 Å². The first kappa shape index (κ1) is 20.5. The van der Waals surface area contributed by atoms with Crippen molar-refractivity contribution in [3.05, 3.63) is 29.8 Å². The molecular weight excluding hydrogens is 385 g/mol. The number of carbonyl (C=O) groups is 1. The Morgan fingerprint density at radius 3 is 2.52 bits per heavy atom. The molecule has 160 valence electrons. The highest BCUT2D eigenvalue weighted by molar-refractivity contribution is 5.80. The summed E-state index contributed by atoms with van der Waals surface area (Å²) in [7, 11) is 0. The first-order valence-corrected chi connectivity index (χ1v) is 10.2. The number of amides is 1. The van der Waals surface area contributed by atoms with E-state index >= 15 is 0 Å². The number of likely N-dealkylation sites (tertiary alicyclic amines) is 1. The van der Waals surface area contributed by atoms with Gasteiger partial charge in [-0.1, -0.05) is 19.1 Å². The van der Waals surface area contributed by atoms with Crippen molar-refractivity contribution in [1.82, 2.24) is 10.2 Å². The normalized spacial score (nSPS) is 31.6. The molecule has 3 fully saturated rings. The molecule has 1 unspecified atom stereocenters. The molecule has 8 heteroatoms. The molecule has 1 amide bonds. The van der Waals surface area contributed by atoms with Gasteiger partial charge in [-0.2, -0.15) is 0 Å². The van der Waals surface area contributed by atoms with Crippen LogP contribution >= 0.6 is 0 Å². The SMILES string of the molecule is CC1(c2cccc(OC(F)(F)F)c2)CCN(C(=O)[C@H]2C[C@]3(CCC(O)N3)C2)CC1. The summed E-state index contributed by atoms with van der Waals surface area (Å²) in [6.45, 7) is 3.22. The van der Waals surface area contributed by atoms with Gasteiger partial charge in [0, 0.05) is 24.5 Å². The highest BCUT2D eigenvalue weighted by Gasteiger charge is 2.52. The minimum absolute atomic E-state index is 0.000620. The zero-order valence-electron chi connectivity index (χ0n) is 16.5. The van der Waals surface area contributed by atoms with Crippen molar-refractivity contribution in [3.63, 3.8) is 0 Å². The van der Waals surface area contributed by atoms with Crippen LogP contribution in [0, 0.1) is 5.92 Å². The number of ether oxygens (including phenoxy) is 1. The molecule has 4 rings (SSSR count). The van der Waals surface area contributed by atoms with Gasteiger partial charge in [0.25, 0.3) is 0 Å². The minimum atomic E-state index is -4.71. The summed E-state index contributed by atoms with van der Waals surface area (Å²) in [6.07, 6.45) is -0.585. The largest absolute Gasteiger partial charge is 0.573 e. The Morgan fingerprint density at radius 1 is 1.24 bits per heavy atom. The second-order valence-electron chi connectivity index (χ2n) is 9.05. The number of piperidine rings is 1. The number of nitrogens with zero attached hydrogens (tertiary/aromatic N) is 1. The molecule has 29 heavy (non-hydrogen) atoms. The van der Waals surface area contributed by atoms with E-state index in [1.165, 1.54) is 12.1 Å². The van der Waals surface area contributed by atoms with E-state index in [9.17, 15) is 23.1 Å². The Kier molecular flexibility index (Phi) is 5.06. The molecule has 1 aliphatic carbocycles. The quantitative estimate of drug-likeness (QED) is 0.800. The number of benzene rings is 1. The van der Waals surface area contributed by atoms with E-state index in [0.717, 1.165) is 31.2 Å². The first-order chi connectivity index (χ1) is 13.6. The van der Waals surface area contributed by atoms with Crippen LogP contribution in [0.5, 0.6) is 5.75 Å². The standard InChI is InChI=1S/C21H27F3N2O3/c1-19(15-3-2-4-16(11-15)29-21(22,23)24)7-9-26(10-8-19)18(28)14-12-20(13-14)6-5-17(27)25-20/h2-4,11,14,17,25,27H,5-10,12-13H2,1H3/t14-,17?,20+. The van der Waals surface area contributed by atoms with Gasteiger partial charge in [-0.25, -0.2) is 0 Å². The fourth-order valence-corrected chi connectivity index (χ4v) is 5.13. The van der Waals surface area contributed by atoms with Crippen LogP contribution < -0.4 is 10.1 Å². The zero-order chi connectivity index (χ0) is 20.9. The predicted molar refractivity (Wildman–Crippen MR) is 100 cm³/mol. The van der Waals surface area contributed by atoms with Crippen LogP contribution in [0.1, 0.15) is 51.0 Å². The van der Waals surface area contributed by atoms with E-state index in [4.69, 9.17) is 0 Å². The van der Waals surface area contributed by atoms with Gasteiger partial charge in [0.15, 0.2) is 0 Å². The van der Waals surface area contributed by atoms with Crippen molar-refractivity contribution in [2.45, 2.75) is 69.0 Å².